The summed E-state index contributed by atoms with van der Waals surface area (Å²) in [5.74, 6) is -0.283. The van der Waals surface area contributed by atoms with Gasteiger partial charge >= 0.3 is 6.03 Å². The molecule has 0 radical (unpaired) electrons. The number of carbonyl (C=O) groups is 2. The summed E-state index contributed by atoms with van der Waals surface area (Å²) in [5.41, 5.74) is -1.60. The molecule has 6 rings (SSSR count). The molecule has 2 spiro atoms. The predicted octanol–water partition coefficient (Wildman–Crippen LogP) is 1.53. The highest BCUT2D eigenvalue weighted by atomic mass is 35.5. The molecule has 0 saturated carbocycles. The van der Waals surface area contributed by atoms with Crippen molar-refractivity contribution >= 4 is 57.0 Å². The van der Waals surface area contributed by atoms with Crippen LogP contribution < -0.4 is 0 Å². The summed E-state index contributed by atoms with van der Waals surface area (Å²) in [6.07, 6.45) is 3.69. The summed E-state index contributed by atoms with van der Waals surface area (Å²) in [7, 11) is -2.21. The summed E-state index contributed by atoms with van der Waals surface area (Å²) >= 11 is 7.24. The summed E-state index contributed by atoms with van der Waals surface area (Å²) in [4.78, 5) is 39.5. The zero-order chi connectivity index (χ0) is 26.0. The SMILES string of the molecule is CN1CC23CN(S(=O)(=O)C=Cc4ccc(Cl)s4)CC(=O)N2CC2(CCN(C4=NCCCO4)CC2)N3C1=O. The molecule has 3 amide bonds. The number of halogens is 1. The first kappa shape index (κ1) is 25.0. The van der Waals surface area contributed by atoms with E-state index >= 15 is 0 Å². The highest BCUT2D eigenvalue weighted by molar-refractivity contribution is 7.92. The van der Waals surface area contributed by atoms with Gasteiger partial charge in [-0.25, -0.2) is 18.2 Å². The number of urea groups is 1. The van der Waals surface area contributed by atoms with Crippen LogP contribution in [0.5, 0.6) is 0 Å². The fourth-order valence-electron chi connectivity index (χ4n) is 6.30. The summed E-state index contributed by atoms with van der Waals surface area (Å²) < 4.78 is 34.2. The van der Waals surface area contributed by atoms with E-state index in [4.69, 9.17) is 16.3 Å². The number of amidine groups is 1. The van der Waals surface area contributed by atoms with Gasteiger partial charge in [0, 0.05) is 49.9 Å². The Bertz CT molecular complexity index is 1290. The predicted molar refractivity (Wildman–Crippen MR) is 140 cm³/mol. The van der Waals surface area contributed by atoms with Crippen molar-refractivity contribution in [2.45, 2.75) is 30.5 Å². The van der Waals surface area contributed by atoms with E-state index < -0.39 is 21.2 Å². The molecule has 4 saturated heterocycles. The number of rotatable bonds is 3. The van der Waals surface area contributed by atoms with Gasteiger partial charge < -0.3 is 19.4 Å². The molecule has 0 N–H and O–H groups in total. The lowest BCUT2D eigenvalue weighted by Gasteiger charge is -2.48. The highest BCUT2D eigenvalue weighted by Crippen LogP contribution is 2.49. The zero-order valence-electron chi connectivity index (χ0n) is 20.5. The minimum absolute atomic E-state index is 0.0357. The van der Waals surface area contributed by atoms with Gasteiger partial charge in [-0.1, -0.05) is 11.6 Å². The largest absolute Gasteiger partial charge is 0.465 e. The van der Waals surface area contributed by atoms with Crippen molar-refractivity contribution < 1.29 is 22.7 Å². The molecular formula is C23H29ClN6O5S2. The molecule has 14 heteroatoms. The van der Waals surface area contributed by atoms with Crippen LogP contribution in [-0.2, 0) is 19.6 Å². The average molecular weight is 569 g/mol. The van der Waals surface area contributed by atoms with Crippen molar-refractivity contribution in [1.29, 1.82) is 0 Å². The molecule has 5 aliphatic heterocycles. The lowest BCUT2D eigenvalue weighted by molar-refractivity contribution is -0.143. The lowest BCUT2D eigenvalue weighted by Crippen LogP contribution is -2.68. The van der Waals surface area contributed by atoms with E-state index in [1.807, 2.05) is 4.90 Å². The van der Waals surface area contributed by atoms with E-state index in [1.54, 1.807) is 29.0 Å². The Morgan fingerprint density at radius 2 is 1.95 bits per heavy atom. The summed E-state index contributed by atoms with van der Waals surface area (Å²) in [6.45, 7) is 3.15. The number of amides is 3. The molecule has 6 heterocycles. The first-order valence-electron chi connectivity index (χ1n) is 12.4. The topological polar surface area (TPSA) is 106 Å². The smallest absolute Gasteiger partial charge is 0.322 e. The van der Waals surface area contributed by atoms with E-state index in [2.05, 4.69) is 9.89 Å². The lowest BCUT2D eigenvalue weighted by atomic mass is 9.86. The number of piperazine rings is 1. The molecule has 4 fully saturated rings. The Hall–Kier alpha value is -2.35. The number of nitrogens with zero attached hydrogens (tertiary/aromatic N) is 6. The molecule has 0 aromatic carbocycles. The minimum atomic E-state index is -3.92. The number of sulfonamides is 1. The van der Waals surface area contributed by atoms with Crippen LogP contribution in [0.15, 0.2) is 22.5 Å². The molecule has 0 aliphatic carbocycles. The van der Waals surface area contributed by atoms with Crippen molar-refractivity contribution in [2.75, 3.05) is 59.5 Å². The number of aliphatic imine (C=N–C) groups is 1. The van der Waals surface area contributed by atoms with Crippen LogP contribution >= 0.6 is 22.9 Å². The van der Waals surface area contributed by atoms with Crippen LogP contribution in [0.2, 0.25) is 4.34 Å². The van der Waals surface area contributed by atoms with Crippen molar-refractivity contribution in [3.8, 4) is 0 Å². The molecule has 1 atom stereocenters. The number of likely N-dealkylation sites (tertiary alicyclic amines) is 1. The van der Waals surface area contributed by atoms with E-state index in [-0.39, 0.29) is 31.6 Å². The third kappa shape index (κ3) is 4.01. The normalized spacial score (nSPS) is 28.2. The molecule has 1 aromatic rings. The van der Waals surface area contributed by atoms with Gasteiger partial charge in [0.2, 0.25) is 15.9 Å². The number of hydrogen-bond donors (Lipinski definition) is 0. The van der Waals surface area contributed by atoms with Crippen LogP contribution in [-0.4, -0.2) is 121 Å². The maximum atomic E-state index is 13.5. The van der Waals surface area contributed by atoms with Gasteiger partial charge in [-0.3, -0.25) is 9.69 Å². The summed E-state index contributed by atoms with van der Waals surface area (Å²) in [5, 5.41) is 1.12. The molecule has 5 aliphatic rings. The Morgan fingerprint density at radius 3 is 2.62 bits per heavy atom. The van der Waals surface area contributed by atoms with Gasteiger partial charge in [0.25, 0.3) is 6.02 Å². The van der Waals surface area contributed by atoms with E-state index in [9.17, 15) is 18.0 Å². The third-order valence-electron chi connectivity index (χ3n) is 8.00. The average Bonchev–Trinajstić information content (AvgIpc) is 3.50. The molecule has 1 aromatic heterocycles. The molecule has 11 nitrogen and oxygen atoms in total. The Labute approximate surface area is 224 Å². The molecule has 0 bridgehead atoms. The Kier molecular flexibility index (Phi) is 5.97. The van der Waals surface area contributed by atoms with Crippen molar-refractivity contribution in [1.82, 2.24) is 23.9 Å². The van der Waals surface area contributed by atoms with Gasteiger partial charge in [0.1, 0.15) is 0 Å². The molecule has 1 unspecified atom stereocenters. The van der Waals surface area contributed by atoms with E-state index in [0.717, 1.165) is 18.4 Å². The third-order valence-corrected chi connectivity index (χ3v) is 10.7. The zero-order valence-corrected chi connectivity index (χ0v) is 22.9. The van der Waals surface area contributed by atoms with Gasteiger partial charge in [-0.2, -0.15) is 4.31 Å². The maximum absolute atomic E-state index is 13.5. The van der Waals surface area contributed by atoms with E-state index in [0.29, 0.717) is 54.3 Å². The molecule has 200 valence electrons. The highest BCUT2D eigenvalue weighted by Gasteiger charge is 2.69. The second-order valence-electron chi connectivity index (χ2n) is 10.3. The number of carbonyl (C=O) groups excluding carboxylic acids is 2. The summed E-state index contributed by atoms with van der Waals surface area (Å²) in [6, 6.07) is 3.93. The number of piperidine rings is 1. The molecule has 37 heavy (non-hydrogen) atoms. The quantitative estimate of drug-likeness (QED) is 0.547. The minimum Gasteiger partial charge on any atom is -0.465 e. The number of likely N-dealkylation sites (N-methyl/N-ethyl adjacent to an activating group) is 1. The van der Waals surface area contributed by atoms with Crippen LogP contribution in [0, 0.1) is 0 Å². The van der Waals surface area contributed by atoms with Crippen LogP contribution in [0.3, 0.4) is 0 Å². The standard InChI is InChI=1S/C23H29ClN6O5S2/c1-26-15-23-16-28(37(33,34)12-5-17-3-4-18(24)36-17)13-19(31)29(23)14-22(30(23)21(26)32)6-9-27(10-7-22)20-25-8-2-11-35-20/h3-5,12H,2,6-11,13-16H2,1H3. The van der Waals surface area contributed by atoms with Gasteiger partial charge in [0.15, 0.2) is 5.66 Å². The fraction of sp³-hybridized carbons (Fsp3) is 0.609. The van der Waals surface area contributed by atoms with Gasteiger partial charge in [0.05, 0.1) is 36.1 Å². The van der Waals surface area contributed by atoms with Crippen molar-refractivity contribution in [3.63, 3.8) is 0 Å². The van der Waals surface area contributed by atoms with Crippen LogP contribution in [0.1, 0.15) is 24.1 Å². The second-order valence-corrected chi connectivity index (χ2v) is 13.8. The Balaban J connectivity index is 1.28. The number of hydrogen-bond acceptors (Lipinski definition) is 8. The maximum Gasteiger partial charge on any atom is 0.322 e. The second kappa shape index (κ2) is 8.85. The fourth-order valence-corrected chi connectivity index (χ4v) is 8.52. The molecular weight excluding hydrogens is 540 g/mol. The van der Waals surface area contributed by atoms with Crippen LogP contribution in [0.4, 0.5) is 4.79 Å². The van der Waals surface area contributed by atoms with Crippen molar-refractivity contribution in [3.05, 3.63) is 26.8 Å². The first-order chi connectivity index (χ1) is 17.6. The van der Waals surface area contributed by atoms with E-state index in [1.165, 1.54) is 21.7 Å². The number of ether oxygens (including phenoxy) is 1. The van der Waals surface area contributed by atoms with Gasteiger partial charge in [-0.15, -0.1) is 11.3 Å². The number of fused-ring (bicyclic) bond motifs is 1. The first-order valence-corrected chi connectivity index (χ1v) is 15.1. The monoisotopic (exact) mass is 568 g/mol. The Morgan fingerprint density at radius 1 is 1.16 bits per heavy atom. The number of thiophene rings is 1. The van der Waals surface area contributed by atoms with Crippen LogP contribution in [0.25, 0.3) is 6.08 Å². The van der Waals surface area contributed by atoms with Gasteiger partial charge in [-0.05, 0) is 31.1 Å². The van der Waals surface area contributed by atoms with Crippen molar-refractivity contribution in [2.24, 2.45) is 4.99 Å².